The van der Waals surface area contributed by atoms with Crippen LogP contribution in [0, 0.1) is 5.82 Å². The maximum atomic E-state index is 15.3. The molecule has 6 heteroatoms. The number of benzene rings is 2. The Bertz CT molecular complexity index is 1170. The molecule has 0 bridgehead atoms. The van der Waals surface area contributed by atoms with Gasteiger partial charge in [0.1, 0.15) is 5.82 Å². The SMILES string of the molecule is CCCN1C(=O)/C(=C\c2cc3c(cc2F)N(CC)C(C)(C)C=C3C)SC1=Nc1ccccc1. The predicted molar refractivity (Wildman–Crippen MR) is 138 cm³/mol. The van der Waals surface area contributed by atoms with Gasteiger partial charge in [-0.15, -0.1) is 0 Å². The van der Waals surface area contributed by atoms with Crippen LogP contribution >= 0.6 is 11.8 Å². The molecule has 2 aromatic carbocycles. The van der Waals surface area contributed by atoms with Crippen LogP contribution in [0.15, 0.2) is 58.4 Å². The standard InChI is InChI=1S/C27H30FN3OS/c1-6-13-30-25(32)24(33-26(30)29-20-11-9-8-10-12-20)15-19-14-21-18(3)17-27(4,5)31(7-2)23(21)16-22(19)28/h8-12,14-17H,6-7,13H2,1-5H3/b24-15+,29-26?. The fourth-order valence-corrected chi connectivity index (χ4v) is 5.58. The zero-order valence-corrected chi connectivity index (χ0v) is 20.7. The van der Waals surface area contributed by atoms with Crippen LogP contribution in [0.4, 0.5) is 15.8 Å². The second-order valence-corrected chi connectivity index (χ2v) is 9.92. The van der Waals surface area contributed by atoms with E-state index < -0.39 is 0 Å². The molecule has 2 heterocycles. The first-order valence-corrected chi connectivity index (χ1v) is 12.2. The average Bonchev–Trinajstić information content (AvgIpc) is 3.04. The minimum atomic E-state index is -0.325. The molecule has 0 atom stereocenters. The molecule has 1 amide bonds. The van der Waals surface area contributed by atoms with Gasteiger partial charge < -0.3 is 4.90 Å². The van der Waals surface area contributed by atoms with Crippen molar-refractivity contribution in [3.63, 3.8) is 0 Å². The number of anilines is 1. The molecule has 2 aliphatic heterocycles. The average molecular weight is 464 g/mol. The van der Waals surface area contributed by atoms with E-state index in [4.69, 9.17) is 0 Å². The van der Waals surface area contributed by atoms with Crippen LogP contribution in [0.3, 0.4) is 0 Å². The Morgan fingerprint density at radius 1 is 1.15 bits per heavy atom. The molecular formula is C27H30FN3OS. The number of thioether (sulfide) groups is 1. The number of fused-ring (bicyclic) bond motifs is 1. The molecule has 0 unspecified atom stereocenters. The molecule has 1 saturated heterocycles. The van der Waals surface area contributed by atoms with Gasteiger partial charge in [0.25, 0.3) is 5.91 Å². The van der Waals surface area contributed by atoms with E-state index in [1.54, 1.807) is 17.0 Å². The number of nitrogens with zero attached hydrogens (tertiary/aromatic N) is 3. The molecule has 2 aliphatic rings. The summed E-state index contributed by atoms with van der Waals surface area (Å²) in [5, 5.41) is 0.632. The van der Waals surface area contributed by atoms with E-state index >= 15 is 4.39 Å². The summed E-state index contributed by atoms with van der Waals surface area (Å²) in [6.45, 7) is 11.8. The van der Waals surface area contributed by atoms with Gasteiger partial charge >= 0.3 is 0 Å². The Balaban J connectivity index is 1.74. The van der Waals surface area contributed by atoms with E-state index in [1.807, 2.05) is 43.3 Å². The number of halogens is 1. The Hall–Kier alpha value is -2.86. The van der Waals surface area contributed by atoms with Crippen LogP contribution < -0.4 is 4.90 Å². The van der Waals surface area contributed by atoms with E-state index in [0.717, 1.165) is 35.5 Å². The van der Waals surface area contributed by atoms with Gasteiger partial charge in [-0.25, -0.2) is 9.38 Å². The van der Waals surface area contributed by atoms with Crippen molar-refractivity contribution >= 4 is 45.9 Å². The summed E-state index contributed by atoms with van der Waals surface area (Å²) in [7, 11) is 0. The summed E-state index contributed by atoms with van der Waals surface area (Å²) in [5.74, 6) is -0.452. The third-order valence-electron chi connectivity index (χ3n) is 6.02. The summed E-state index contributed by atoms with van der Waals surface area (Å²) in [5.41, 5.74) is 4.04. The van der Waals surface area contributed by atoms with Gasteiger partial charge in [0, 0.05) is 29.9 Å². The highest BCUT2D eigenvalue weighted by Crippen LogP contribution is 2.41. The smallest absolute Gasteiger partial charge is 0.266 e. The van der Waals surface area contributed by atoms with Crippen molar-refractivity contribution in [2.75, 3.05) is 18.0 Å². The van der Waals surface area contributed by atoms with Crippen LogP contribution in [0.2, 0.25) is 0 Å². The van der Waals surface area contributed by atoms with E-state index in [1.165, 1.54) is 11.8 Å². The molecular weight excluding hydrogens is 433 g/mol. The van der Waals surface area contributed by atoms with Crippen molar-refractivity contribution in [3.8, 4) is 0 Å². The highest BCUT2D eigenvalue weighted by atomic mass is 32.2. The summed E-state index contributed by atoms with van der Waals surface area (Å²) < 4.78 is 15.3. The zero-order valence-electron chi connectivity index (χ0n) is 19.9. The molecule has 0 spiro atoms. The van der Waals surface area contributed by atoms with E-state index in [0.29, 0.717) is 22.2 Å². The van der Waals surface area contributed by atoms with Crippen molar-refractivity contribution in [2.24, 2.45) is 4.99 Å². The number of hydrogen-bond acceptors (Lipinski definition) is 4. The molecule has 1 fully saturated rings. The van der Waals surface area contributed by atoms with Crippen LogP contribution in [0.25, 0.3) is 11.6 Å². The monoisotopic (exact) mass is 463 g/mol. The highest BCUT2D eigenvalue weighted by molar-refractivity contribution is 8.18. The second-order valence-electron chi connectivity index (χ2n) is 8.91. The lowest BCUT2D eigenvalue weighted by Crippen LogP contribution is -2.45. The lowest BCUT2D eigenvalue weighted by molar-refractivity contribution is -0.122. The van der Waals surface area contributed by atoms with Gasteiger partial charge in [0.2, 0.25) is 0 Å². The third-order valence-corrected chi connectivity index (χ3v) is 7.02. The van der Waals surface area contributed by atoms with Crippen LogP contribution in [0.1, 0.15) is 52.2 Å². The van der Waals surface area contributed by atoms with Crippen molar-refractivity contribution in [1.29, 1.82) is 0 Å². The molecule has 0 radical (unpaired) electrons. The van der Waals surface area contributed by atoms with E-state index in [2.05, 4.69) is 43.7 Å². The normalized spacial score (nSPS) is 19.9. The first kappa shape index (κ1) is 23.3. The van der Waals surface area contributed by atoms with Gasteiger partial charge in [-0.2, -0.15) is 0 Å². The van der Waals surface area contributed by atoms with Crippen LogP contribution in [0.5, 0.6) is 0 Å². The highest BCUT2D eigenvalue weighted by Gasteiger charge is 2.34. The number of amides is 1. The number of carbonyl (C=O) groups is 1. The van der Waals surface area contributed by atoms with Crippen molar-refractivity contribution in [3.05, 3.63) is 70.4 Å². The van der Waals surface area contributed by atoms with Gasteiger partial charge in [-0.05, 0) is 81.8 Å². The lowest BCUT2D eigenvalue weighted by Gasteiger charge is -2.42. The maximum Gasteiger partial charge on any atom is 0.266 e. The molecule has 0 N–H and O–H groups in total. The molecule has 4 rings (SSSR count). The van der Waals surface area contributed by atoms with Gasteiger partial charge in [-0.3, -0.25) is 9.69 Å². The summed E-state index contributed by atoms with van der Waals surface area (Å²) in [6.07, 6.45) is 4.70. The maximum absolute atomic E-state index is 15.3. The van der Waals surface area contributed by atoms with Crippen molar-refractivity contribution < 1.29 is 9.18 Å². The van der Waals surface area contributed by atoms with E-state index in [-0.39, 0.29) is 17.3 Å². The fourth-order valence-electron chi connectivity index (χ4n) is 4.57. The number of hydrogen-bond donors (Lipinski definition) is 0. The topological polar surface area (TPSA) is 35.9 Å². The second kappa shape index (κ2) is 9.18. The first-order valence-electron chi connectivity index (χ1n) is 11.4. The van der Waals surface area contributed by atoms with Gasteiger partial charge in [-0.1, -0.05) is 31.2 Å². The van der Waals surface area contributed by atoms with E-state index in [9.17, 15) is 4.79 Å². The Morgan fingerprint density at radius 2 is 1.88 bits per heavy atom. The van der Waals surface area contributed by atoms with Gasteiger partial charge in [0.15, 0.2) is 5.17 Å². The number of allylic oxidation sites excluding steroid dienone is 1. The summed E-state index contributed by atoms with van der Waals surface area (Å²) in [6, 6.07) is 13.1. The lowest BCUT2D eigenvalue weighted by atomic mass is 9.88. The third kappa shape index (κ3) is 4.49. The molecule has 0 aliphatic carbocycles. The number of aliphatic imine (C=N–C) groups is 1. The Labute approximate surface area is 199 Å². The Kier molecular flexibility index (Phi) is 6.48. The molecule has 2 aromatic rings. The first-order chi connectivity index (χ1) is 15.7. The molecule has 0 saturated carbocycles. The van der Waals surface area contributed by atoms with Crippen LogP contribution in [-0.4, -0.2) is 34.6 Å². The fraction of sp³-hybridized carbons (Fsp3) is 0.333. The number of para-hydroxylation sites is 1. The quantitative estimate of drug-likeness (QED) is 0.454. The Morgan fingerprint density at radius 3 is 2.55 bits per heavy atom. The number of amidine groups is 1. The van der Waals surface area contributed by atoms with Crippen molar-refractivity contribution in [1.82, 2.24) is 4.90 Å². The molecule has 0 aromatic heterocycles. The molecule has 4 nitrogen and oxygen atoms in total. The predicted octanol–water partition coefficient (Wildman–Crippen LogP) is 6.86. The molecule has 33 heavy (non-hydrogen) atoms. The minimum Gasteiger partial charge on any atom is -0.363 e. The minimum absolute atomic E-state index is 0.128. The number of carbonyl (C=O) groups excluding carboxylic acids is 1. The zero-order chi connectivity index (χ0) is 23.8. The largest absolute Gasteiger partial charge is 0.363 e. The van der Waals surface area contributed by atoms with Gasteiger partial charge in [0.05, 0.1) is 16.1 Å². The van der Waals surface area contributed by atoms with Crippen LogP contribution in [-0.2, 0) is 4.79 Å². The number of likely N-dealkylation sites (N-methyl/N-ethyl adjacent to an activating group) is 1. The number of rotatable bonds is 5. The summed E-state index contributed by atoms with van der Waals surface area (Å²) >= 11 is 1.30. The molecule has 172 valence electrons. The summed E-state index contributed by atoms with van der Waals surface area (Å²) in [4.78, 5) is 22.2. The van der Waals surface area contributed by atoms with Crippen molar-refractivity contribution in [2.45, 2.75) is 46.6 Å².